The first kappa shape index (κ1) is 20.6. The molecular weight excluding hydrogens is 370 g/mol. The number of amides is 2. The van der Waals surface area contributed by atoms with Gasteiger partial charge in [0.05, 0.1) is 0 Å². The van der Waals surface area contributed by atoms with E-state index in [2.05, 4.69) is 33.6 Å². The van der Waals surface area contributed by atoms with Crippen molar-refractivity contribution in [1.82, 2.24) is 20.0 Å². The van der Waals surface area contributed by atoms with Crippen molar-refractivity contribution < 1.29 is 9.59 Å². The highest BCUT2D eigenvalue weighted by atomic mass is 32.2. The lowest BCUT2D eigenvalue weighted by Gasteiger charge is -2.21. The molecule has 2 rings (SSSR count). The number of nitrogens with one attached hydrogen (secondary N) is 1. The minimum Gasteiger partial charge on any atom is -0.341 e. The van der Waals surface area contributed by atoms with Crippen LogP contribution in [0.2, 0.25) is 0 Å². The number of hydrogen-bond donors (Lipinski definition) is 1. The largest absolute Gasteiger partial charge is 0.341 e. The van der Waals surface area contributed by atoms with E-state index >= 15 is 0 Å². The Labute approximate surface area is 162 Å². The Morgan fingerprint density at radius 2 is 2.00 bits per heavy atom. The van der Waals surface area contributed by atoms with Crippen LogP contribution in [0.4, 0.5) is 5.13 Å². The van der Waals surface area contributed by atoms with Crippen molar-refractivity contribution in [3.8, 4) is 0 Å². The fourth-order valence-electron chi connectivity index (χ4n) is 2.59. The molecule has 1 aromatic heterocycles. The highest BCUT2D eigenvalue weighted by Crippen LogP contribution is 2.25. The van der Waals surface area contributed by atoms with Gasteiger partial charge in [0.1, 0.15) is 0 Å². The lowest BCUT2D eigenvalue weighted by atomic mass is 10.2. The quantitative estimate of drug-likeness (QED) is 0.393. The number of hydrogen-bond acceptors (Lipinski definition) is 7. The number of carbonyl (C=O) groups excluding carboxylic acids is 2. The fourth-order valence-corrected chi connectivity index (χ4v) is 4.12. The molecular formula is C17H25N5O2S2. The van der Waals surface area contributed by atoms with Gasteiger partial charge in [-0.1, -0.05) is 35.3 Å². The molecule has 1 saturated heterocycles. The van der Waals surface area contributed by atoms with E-state index in [1.54, 1.807) is 6.08 Å². The Hall–Kier alpha value is -1.71. The maximum absolute atomic E-state index is 12.4. The Balaban J connectivity index is 1.72. The molecule has 0 aromatic carbocycles. The minimum atomic E-state index is -0.210. The number of carbonyl (C=O) groups is 2. The molecule has 0 saturated carbocycles. The van der Waals surface area contributed by atoms with Gasteiger partial charge < -0.3 is 10.2 Å². The summed E-state index contributed by atoms with van der Waals surface area (Å²) in [6.45, 7) is 11.5. The van der Waals surface area contributed by atoms with Crippen LogP contribution in [-0.4, -0.2) is 70.3 Å². The molecule has 2 amide bonds. The molecule has 0 spiro atoms. The van der Waals surface area contributed by atoms with E-state index in [1.807, 2.05) is 11.0 Å². The molecule has 1 fully saturated rings. The lowest BCUT2D eigenvalue weighted by Crippen LogP contribution is -2.35. The summed E-state index contributed by atoms with van der Waals surface area (Å²) >= 11 is 2.84. The third-order valence-electron chi connectivity index (χ3n) is 3.87. The standard InChI is InChI=1S/C17H25N5O2S2/c1-3-8-21-9-5-10-22(12-11-21)15(24)7-6-14(23)18-16-19-20-17(26-16)25-13-4-2/h3-4H,1-2,5-13H2,(H,18,19,23). The summed E-state index contributed by atoms with van der Waals surface area (Å²) < 4.78 is 0.782. The summed E-state index contributed by atoms with van der Waals surface area (Å²) in [5.74, 6) is 0.565. The third-order valence-corrected chi connectivity index (χ3v) is 5.84. The first-order valence-electron chi connectivity index (χ1n) is 8.60. The van der Waals surface area contributed by atoms with Crippen LogP contribution in [-0.2, 0) is 9.59 Å². The second kappa shape index (κ2) is 11.1. The van der Waals surface area contributed by atoms with Gasteiger partial charge in [-0.25, -0.2) is 0 Å². The van der Waals surface area contributed by atoms with Crippen LogP contribution in [0, 0.1) is 0 Å². The number of nitrogens with zero attached hydrogens (tertiary/aromatic N) is 4. The predicted octanol–water partition coefficient (Wildman–Crippen LogP) is 2.26. The van der Waals surface area contributed by atoms with E-state index < -0.39 is 0 Å². The molecule has 0 bridgehead atoms. The number of rotatable bonds is 9. The van der Waals surface area contributed by atoms with E-state index in [0.29, 0.717) is 11.7 Å². The van der Waals surface area contributed by atoms with Gasteiger partial charge >= 0.3 is 0 Å². The summed E-state index contributed by atoms with van der Waals surface area (Å²) in [6.07, 6.45) is 4.98. The lowest BCUT2D eigenvalue weighted by molar-refractivity contribution is -0.132. The Morgan fingerprint density at radius 3 is 2.77 bits per heavy atom. The van der Waals surface area contributed by atoms with Crippen molar-refractivity contribution in [2.45, 2.75) is 23.6 Å². The summed E-state index contributed by atoms with van der Waals surface area (Å²) in [5, 5.41) is 11.1. The Morgan fingerprint density at radius 1 is 1.15 bits per heavy atom. The summed E-state index contributed by atoms with van der Waals surface area (Å²) in [6, 6.07) is 0. The second-order valence-corrected chi connectivity index (χ2v) is 8.09. The zero-order chi connectivity index (χ0) is 18.8. The molecule has 142 valence electrons. The van der Waals surface area contributed by atoms with Crippen molar-refractivity contribution in [3.05, 3.63) is 25.3 Å². The summed E-state index contributed by atoms with van der Waals surface area (Å²) in [7, 11) is 0. The van der Waals surface area contributed by atoms with Crippen LogP contribution in [0.5, 0.6) is 0 Å². The van der Waals surface area contributed by atoms with Crippen molar-refractivity contribution in [1.29, 1.82) is 0 Å². The van der Waals surface area contributed by atoms with Crippen molar-refractivity contribution in [2.75, 3.05) is 43.8 Å². The van der Waals surface area contributed by atoms with Crippen LogP contribution in [0.15, 0.2) is 29.6 Å². The van der Waals surface area contributed by atoms with Gasteiger partial charge in [0.25, 0.3) is 0 Å². The highest BCUT2D eigenvalue weighted by molar-refractivity contribution is 8.01. The predicted molar refractivity (Wildman–Crippen MR) is 107 cm³/mol. The van der Waals surface area contributed by atoms with Gasteiger partial charge in [-0.3, -0.25) is 14.5 Å². The van der Waals surface area contributed by atoms with E-state index in [1.165, 1.54) is 23.1 Å². The Kier molecular flexibility index (Phi) is 8.79. The van der Waals surface area contributed by atoms with E-state index in [9.17, 15) is 9.59 Å². The topological polar surface area (TPSA) is 78.4 Å². The van der Waals surface area contributed by atoms with E-state index in [4.69, 9.17) is 0 Å². The zero-order valence-corrected chi connectivity index (χ0v) is 16.5. The zero-order valence-electron chi connectivity index (χ0n) is 14.9. The SMILES string of the molecule is C=CCSc1nnc(NC(=O)CCC(=O)N2CCCN(CC=C)CC2)s1. The molecule has 1 aliphatic heterocycles. The molecule has 0 atom stereocenters. The van der Waals surface area contributed by atoms with Gasteiger partial charge in [0, 0.05) is 51.3 Å². The molecule has 9 heteroatoms. The molecule has 0 radical (unpaired) electrons. The molecule has 1 N–H and O–H groups in total. The van der Waals surface area contributed by atoms with Gasteiger partial charge in [-0.2, -0.15) is 0 Å². The third kappa shape index (κ3) is 6.89. The molecule has 0 aliphatic carbocycles. The van der Waals surface area contributed by atoms with Crippen LogP contribution in [0.1, 0.15) is 19.3 Å². The smallest absolute Gasteiger partial charge is 0.226 e. The summed E-state index contributed by atoms with van der Waals surface area (Å²) in [4.78, 5) is 28.5. The van der Waals surface area contributed by atoms with Crippen LogP contribution in [0.3, 0.4) is 0 Å². The molecule has 7 nitrogen and oxygen atoms in total. The first-order valence-corrected chi connectivity index (χ1v) is 10.4. The van der Waals surface area contributed by atoms with Gasteiger partial charge in [-0.15, -0.1) is 23.4 Å². The maximum Gasteiger partial charge on any atom is 0.226 e. The van der Waals surface area contributed by atoms with Crippen molar-refractivity contribution >= 4 is 40.0 Å². The normalized spacial score (nSPS) is 15.3. The average Bonchev–Trinajstić information content (AvgIpc) is 2.93. The number of aromatic nitrogens is 2. The van der Waals surface area contributed by atoms with Crippen LogP contribution < -0.4 is 5.32 Å². The molecule has 1 aromatic rings. The minimum absolute atomic E-state index is 0.0279. The van der Waals surface area contributed by atoms with Crippen LogP contribution >= 0.6 is 23.1 Å². The summed E-state index contributed by atoms with van der Waals surface area (Å²) in [5.41, 5.74) is 0. The number of anilines is 1. The Bertz CT molecular complexity index is 634. The molecule has 2 heterocycles. The van der Waals surface area contributed by atoms with Crippen molar-refractivity contribution in [2.24, 2.45) is 0 Å². The van der Waals surface area contributed by atoms with Gasteiger partial charge in [-0.05, 0) is 6.42 Å². The second-order valence-electron chi connectivity index (χ2n) is 5.84. The molecule has 1 aliphatic rings. The van der Waals surface area contributed by atoms with E-state index in [-0.39, 0.29) is 24.7 Å². The monoisotopic (exact) mass is 395 g/mol. The number of thioether (sulfide) groups is 1. The average molecular weight is 396 g/mol. The van der Waals surface area contributed by atoms with E-state index in [0.717, 1.165) is 42.7 Å². The first-order chi connectivity index (χ1) is 12.6. The maximum atomic E-state index is 12.4. The van der Waals surface area contributed by atoms with Crippen molar-refractivity contribution in [3.63, 3.8) is 0 Å². The molecule has 26 heavy (non-hydrogen) atoms. The van der Waals surface area contributed by atoms with Gasteiger partial charge in [0.2, 0.25) is 16.9 Å². The van der Waals surface area contributed by atoms with Gasteiger partial charge in [0.15, 0.2) is 4.34 Å². The van der Waals surface area contributed by atoms with Crippen LogP contribution in [0.25, 0.3) is 0 Å². The highest BCUT2D eigenvalue weighted by Gasteiger charge is 2.19. The fraction of sp³-hybridized carbons (Fsp3) is 0.529. The molecule has 0 unspecified atom stereocenters.